The third-order valence-electron chi connectivity index (χ3n) is 4.22. The van der Waals surface area contributed by atoms with Gasteiger partial charge in [0, 0.05) is 25.7 Å². The van der Waals surface area contributed by atoms with Crippen molar-refractivity contribution in [2.24, 2.45) is 0 Å². The fraction of sp³-hybridized carbons (Fsp3) is 0.562. The van der Waals surface area contributed by atoms with Gasteiger partial charge in [-0.25, -0.2) is 4.39 Å². The standard InChI is InChI=1S/C16H21FN2O2/c17-13-4-1-3-12(9-13)10-14-5-2-7-19(14)16(20)15-11-18-6-8-21-15/h1,3-4,9,14-15,18H,2,5-8,10-11H2/t14-,15-/m1/s1. The number of carbonyl (C=O) groups is 1. The lowest BCUT2D eigenvalue weighted by atomic mass is 10.0. The van der Waals surface area contributed by atoms with E-state index in [2.05, 4.69) is 5.32 Å². The number of nitrogens with one attached hydrogen (secondary N) is 1. The van der Waals surface area contributed by atoms with E-state index in [-0.39, 0.29) is 23.9 Å². The zero-order valence-corrected chi connectivity index (χ0v) is 12.1. The lowest BCUT2D eigenvalue weighted by Gasteiger charge is -2.31. The van der Waals surface area contributed by atoms with Crippen LogP contribution < -0.4 is 5.32 Å². The summed E-state index contributed by atoms with van der Waals surface area (Å²) in [6, 6.07) is 6.80. The Bertz CT molecular complexity index is 503. The summed E-state index contributed by atoms with van der Waals surface area (Å²) in [5.41, 5.74) is 0.947. The molecule has 114 valence electrons. The van der Waals surface area contributed by atoms with E-state index in [0.717, 1.165) is 31.5 Å². The molecule has 1 aromatic rings. The summed E-state index contributed by atoms with van der Waals surface area (Å²) in [6.45, 7) is 2.75. The third kappa shape index (κ3) is 3.41. The smallest absolute Gasteiger partial charge is 0.253 e. The SMILES string of the molecule is O=C([C@H]1CNCCO1)N1CCC[C@@H]1Cc1cccc(F)c1. The zero-order chi connectivity index (χ0) is 14.7. The van der Waals surface area contributed by atoms with Gasteiger partial charge in [0.25, 0.3) is 5.91 Å². The summed E-state index contributed by atoms with van der Waals surface area (Å²) in [5, 5.41) is 3.19. The Kier molecular flexibility index (Phi) is 4.51. The predicted octanol–water partition coefficient (Wildman–Crippen LogP) is 1.35. The Morgan fingerprint density at radius 2 is 2.38 bits per heavy atom. The number of amides is 1. The molecule has 2 aliphatic heterocycles. The average Bonchev–Trinajstić information content (AvgIpc) is 2.95. The van der Waals surface area contributed by atoms with Crippen LogP contribution in [0.15, 0.2) is 24.3 Å². The number of likely N-dealkylation sites (tertiary alicyclic amines) is 1. The highest BCUT2D eigenvalue weighted by atomic mass is 19.1. The molecular formula is C16H21FN2O2. The number of ether oxygens (including phenoxy) is 1. The van der Waals surface area contributed by atoms with Crippen molar-refractivity contribution in [1.29, 1.82) is 0 Å². The molecule has 0 bridgehead atoms. The molecule has 1 N–H and O–H groups in total. The highest BCUT2D eigenvalue weighted by Crippen LogP contribution is 2.23. The summed E-state index contributed by atoms with van der Waals surface area (Å²) in [6.07, 6.45) is 2.32. The zero-order valence-electron chi connectivity index (χ0n) is 12.1. The average molecular weight is 292 g/mol. The van der Waals surface area contributed by atoms with E-state index in [0.29, 0.717) is 19.6 Å². The summed E-state index contributed by atoms with van der Waals surface area (Å²) in [4.78, 5) is 14.5. The van der Waals surface area contributed by atoms with Crippen molar-refractivity contribution in [3.05, 3.63) is 35.6 Å². The van der Waals surface area contributed by atoms with Crippen LogP contribution in [0, 0.1) is 5.82 Å². The molecule has 0 spiro atoms. The number of rotatable bonds is 3. The Labute approximate surface area is 124 Å². The van der Waals surface area contributed by atoms with Crippen LogP contribution in [-0.2, 0) is 16.0 Å². The largest absolute Gasteiger partial charge is 0.366 e. The highest BCUT2D eigenvalue weighted by Gasteiger charge is 2.34. The summed E-state index contributed by atoms with van der Waals surface area (Å²) in [5.74, 6) is -0.149. The van der Waals surface area contributed by atoms with E-state index in [1.807, 2.05) is 11.0 Å². The Balaban J connectivity index is 1.66. The second kappa shape index (κ2) is 6.54. The van der Waals surface area contributed by atoms with Gasteiger partial charge in [0.05, 0.1) is 6.61 Å². The van der Waals surface area contributed by atoms with Gasteiger partial charge in [-0.3, -0.25) is 4.79 Å². The molecule has 2 atom stereocenters. The maximum absolute atomic E-state index is 13.3. The van der Waals surface area contributed by atoms with Gasteiger partial charge >= 0.3 is 0 Å². The highest BCUT2D eigenvalue weighted by molar-refractivity contribution is 5.82. The molecule has 1 amide bonds. The van der Waals surface area contributed by atoms with Gasteiger partial charge in [-0.1, -0.05) is 12.1 Å². The van der Waals surface area contributed by atoms with E-state index < -0.39 is 0 Å². The van der Waals surface area contributed by atoms with Crippen molar-refractivity contribution in [1.82, 2.24) is 10.2 Å². The maximum atomic E-state index is 13.3. The maximum Gasteiger partial charge on any atom is 0.253 e. The van der Waals surface area contributed by atoms with Gasteiger partial charge in [0.2, 0.25) is 0 Å². The molecule has 2 heterocycles. The second-order valence-corrected chi connectivity index (χ2v) is 5.73. The fourth-order valence-electron chi connectivity index (χ4n) is 3.18. The number of morpholine rings is 1. The monoisotopic (exact) mass is 292 g/mol. The number of carbonyl (C=O) groups excluding carboxylic acids is 1. The molecule has 5 heteroatoms. The normalized spacial score (nSPS) is 26.0. The molecule has 4 nitrogen and oxygen atoms in total. The van der Waals surface area contributed by atoms with Crippen LogP contribution in [0.3, 0.4) is 0 Å². The van der Waals surface area contributed by atoms with Crippen LogP contribution in [0.4, 0.5) is 4.39 Å². The first-order valence-electron chi connectivity index (χ1n) is 7.61. The van der Waals surface area contributed by atoms with E-state index in [1.165, 1.54) is 6.07 Å². The molecule has 3 rings (SSSR count). The molecule has 2 aliphatic rings. The quantitative estimate of drug-likeness (QED) is 0.914. The van der Waals surface area contributed by atoms with E-state index in [9.17, 15) is 9.18 Å². The number of hydrogen-bond donors (Lipinski definition) is 1. The van der Waals surface area contributed by atoms with Crippen molar-refractivity contribution in [2.75, 3.05) is 26.2 Å². The summed E-state index contributed by atoms with van der Waals surface area (Å²) in [7, 11) is 0. The van der Waals surface area contributed by atoms with Gasteiger partial charge in [0.1, 0.15) is 11.9 Å². The van der Waals surface area contributed by atoms with Gasteiger partial charge in [-0.05, 0) is 37.0 Å². The number of nitrogens with zero attached hydrogens (tertiary/aromatic N) is 1. The van der Waals surface area contributed by atoms with E-state index >= 15 is 0 Å². The minimum absolute atomic E-state index is 0.0705. The summed E-state index contributed by atoms with van der Waals surface area (Å²) >= 11 is 0. The predicted molar refractivity (Wildman–Crippen MR) is 77.4 cm³/mol. The fourth-order valence-corrected chi connectivity index (χ4v) is 3.18. The number of benzene rings is 1. The lowest BCUT2D eigenvalue weighted by molar-refractivity contribution is -0.146. The van der Waals surface area contributed by atoms with Crippen molar-refractivity contribution in [3.63, 3.8) is 0 Å². The van der Waals surface area contributed by atoms with Crippen LogP contribution in [0.1, 0.15) is 18.4 Å². The molecule has 21 heavy (non-hydrogen) atoms. The number of halogens is 1. The van der Waals surface area contributed by atoms with Crippen LogP contribution in [0.2, 0.25) is 0 Å². The minimum atomic E-state index is -0.369. The summed E-state index contributed by atoms with van der Waals surface area (Å²) < 4.78 is 18.8. The first kappa shape index (κ1) is 14.5. The molecule has 1 aromatic carbocycles. The molecule has 0 radical (unpaired) electrons. The third-order valence-corrected chi connectivity index (χ3v) is 4.22. The second-order valence-electron chi connectivity index (χ2n) is 5.73. The topological polar surface area (TPSA) is 41.6 Å². The van der Waals surface area contributed by atoms with Gasteiger partial charge in [0.15, 0.2) is 0 Å². The van der Waals surface area contributed by atoms with Crippen molar-refractivity contribution < 1.29 is 13.9 Å². The molecule has 0 unspecified atom stereocenters. The molecule has 2 fully saturated rings. The van der Waals surface area contributed by atoms with Gasteiger partial charge < -0.3 is 15.0 Å². The molecule has 0 saturated carbocycles. The van der Waals surface area contributed by atoms with Crippen LogP contribution in [0.5, 0.6) is 0 Å². The molecule has 2 saturated heterocycles. The van der Waals surface area contributed by atoms with E-state index in [1.54, 1.807) is 12.1 Å². The molecule has 0 aromatic heterocycles. The van der Waals surface area contributed by atoms with Gasteiger partial charge in [-0.15, -0.1) is 0 Å². The van der Waals surface area contributed by atoms with Gasteiger partial charge in [-0.2, -0.15) is 0 Å². The van der Waals surface area contributed by atoms with Crippen molar-refractivity contribution in [3.8, 4) is 0 Å². The first-order chi connectivity index (χ1) is 10.2. The Hall–Kier alpha value is -1.46. The van der Waals surface area contributed by atoms with Crippen molar-refractivity contribution in [2.45, 2.75) is 31.4 Å². The first-order valence-corrected chi connectivity index (χ1v) is 7.61. The lowest BCUT2D eigenvalue weighted by Crippen LogP contribution is -2.51. The van der Waals surface area contributed by atoms with Crippen LogP contribution in [0.25, 0.3) is 0 Å². The Morgan fingerprint density at radius 3 is 3.14 bits per heavy atom. The minimum Gasteiger partial charge on any atom is -0.366 e. The molecular weight excluding hydrogens is 271 g/mol. The van der Waals surface area contributed by atoms with Crippen molar-refractivity contribution >= 4 is 5.91 Å². The van der Waals surface area contributed by atoms with Crippen LogP contribution in [-0.4, -0.2) is 49.2 Å². The Morgan fingerprint density at radius 1 is 1.48 bits per heavy atom. The van der Waals surface area contributed by atoms with E-state index in [4.69, 9.17) is 4.74 Å². The number of hydrogen-bond acceptors (Lipinski definition) is 3. The molecule has 0 aliphatic carbocycles. The van der Waals surface area contributed by atoms with Crippen LogP contribution >= 0.6 is 0 Å².